The lowest BCUT2D eigenvalue weighted by atomic mass is 9.97. The number of hydrogen-bond acceptors (Lipinski definition) is 3. The van der Waals surface area contributed by atoms with Crippen LogP contribution in [0.3, 0.4) is 0 Å². The molecule has 0 amide bonds. The molecule has 2 rings (SSSR count). The molecule has 1 aromatic heterocycles. The van der Waals surface area contributed by atoms with Crippen LogP contribution in [-0.2, 0) is 0 Å². The number of Topliss-reactive ketones (excluding diaryl/α,β-unsaturated/α-hetero) is 1. The molecular weight excluding hydrogens is 224 g/mol. The van der Waals surface area contributed by atoms with E-state index in [0.717, 1.165) is 29.2 Å². The van der Waals surface area contributed by atoms with Gasteiger partial charge in [-0.2, -0.15) is 0 Å². The molecule has 0 aliphatic heterocycles. The van der Waals surface area contributed by atoms with E-state index in [9.17, 15) is 4.79 Å². The Morgan fingerprint density at radius 2 is 2.22 bits per heavy atom. The normalized spacial score (nSPS) is 12.6. The second kappa shape index (κ2) is 5.74. The largest absolute Gasteiger partial charge is 0.327 e. The van der Waals surface area contributed by atoms with E-state index in [1.165, 1.54) is 0 Å². The summed E-state index contributed by atoms with van der Waals surface area (Å²) in [5.41, 5.74) is 6.68. The van der Waals surface area contributed by atoms with E-state index < -0.39 is 0 Å². The van der Waals surface area contributed by atoms with E-state index in [4.69, 9.17) is 5.73 Å². The molecule has 1 unspecified atom stereocenters. The molecule has 0 fully saturated rings. The molecule has 0 spiro atoms. The summed E-state index contributed by atoms with van der Waals surface area (Å²) in [5, 5.41) is 1.95. The van der Waals surface area contributed by atoms with E-state index in [1.54, 1.807) is 12.4 Å². The minimum absolute atomic E-state index is 0.0420. The number of fused-ring (bicyclic) bond motifs is 1. The number of nitrogens with zero attached hydrogens (tertiary/aromatic N) is 1. The average Bonchev–Trinajstić information content (AvgIpc) is 2.38. The average molecular weight is 242 g/mol. The molecule has 3 nitrogen and oxygen atoms in total. The fraction of sp³-hybridized carbons (Fsp3) is 0.333. The zero-order valence-electron chi connectivity index (χ0n) is 10.6. The maximum Gasteiger partial charge on any atom is 0.165 e. The van der Waals surface area contributed by atoms with Gasteiger partial charge in [-0.1, -0.05) is 31.5 Å². The molecule has 94 valence electrons. The molecule has 1 atom stereocenters. The van der Waals surface area contributed by atoms with E-state index in [-0.39, 0.29) is 11.8 Å². The summed E-state index contributed by atoms with van der Waals surface area (Å²) in [4.78, 5) is 16.3. The first-order valence-electron chi connectivity index (χ1n) is 6.34. The van der Waals surface area contributed by atoms with Crippen LogP contribution in [-0.4, -0.2) is 16.8 Å². The molecule has 0 aliphatic carbocycles. The number of aromatic nitrogens is 1. The summed E-state index contributed by atoms with van der Waals surface area (Å²) in [6, 6.07) is 7.56. The van der Waals surface area contributed by atoms with Gasteiger partial charge in [-0.3, -0.25) is 9.78 Å². The third-order valence-corrected chi connectivity index (χ3v) is 3.09. The zero-order valence-corrected chi connectivity index (χ0v) is 10.6. The molecule has 2 N–H and O–H groups in total. The highest BCUT2D eigenvalue weighted by Gasteiger charge is 2.13. The topological polar surface area (TPSA) is 56.0 Å². The smallest absolute Gasteiger partial charge is 0.165 e. The Bertz CT molecular complexity index is 546. The van der Waals surface area contributed by atoms with Crippen LogP contribution in [0.1, 0.15) is 36.5 Å². The maximum atomic E-state index is 12.2. The molecule has 0 radical (unpaired) electrons. The number of pyridine rings is 1. The summed E-state index contributed by atoms with van der Waals surface area (Å²) in [5.74, 6) is 0.118. The van der Waals surface area contributed by atoms with Gasteiger partial charge in [0.2, 0.25) is 0 Å². The Hall–Kier alpha value is -1.74. The molecule has 3 heteroatoms. The van der Waals surface area contributed by atoms with Crippen molar-refractivity contribution in [1.29, 1.82) is 0 Å². The molecule has 0 saturated carbocycles. The molecule has 1 heterocycles. The molecule has 0 bridgehead atoms. The van der Waals surface area contributed by atoms with Gasteiger partial charge in [0.25, 0.3) is 0 Å². The predicted octanol–water partition coefficient (Wildman–Crippen LogP) is 2.94. The van der Waals surface area contributed by atoms with Gasteiger partial charge in [-0.05, 0) is 17.9 Å². The molecular formula is C15H18N2O. The van der Waals surface area contributed by atoms with Crippen molar-refractivity contribution in [2.45, 2.75) is 32.2 Å². The highest BCUT2D eigenvalue weighted by molar-refractivity contribution is 6.08. The Morgan fingerprint density at radius 1 is 1.39 bits per heavy atom. The summed E-state index contributed by atoms with van der Waals surface area (Å²) in [6.07, 6.45) is 5.80. The zero-order chi connectivity index (χ0) is 13.0. The number of nitrogens with two attached hydrogens (primary N) is 1. The lowest BCUT2D eigenvalue weighted by Gasteiger charge is -2.10. The monoisotopic (exact) mass is 242 g/mol. The third kappa shape index (κ3) is 2.74. The predicted molar refractivity (Wildman–Crippen MR) is 73.6 cm³/mol. The number of benzene rings is 1. The summed E-state index contributed by atoms with van der Waals surface area (Å²) >= 11 is 0. The van der Waals surface area contributed by atoms with E-state index in [0.29, 0.717) is 6.42 Å². The third-order valence-electron chi connectivity index (χ3n) is 3.09. The van der Waals surface area contributed by atoms with Crippen LogP contribution in [0.15, 0.2) is 36.7 Å². The van der Waals surface area contributed by atoms with Crippen LogP contribution in [0.5, 0.6) is 0 Å². The Kier molecular flexibility index (Phi) is 4.05. The highest BCUT2D eigenvalue weighted by Crippen LogP contribution is 2.19. The van der Waals surface area contributed by atoms with Gasteiger partial charge >= 0.3 is 0 Å². The Balaban J connectivity index is 2.28. The molecule has 0 saturated heterocycles. The maximum absolute atomic E-state index is 12.2. The van der Waals surface area contributed by atoms with Crippen molar-refractivity contribution in [1.82, 2.24) is 4.98 Å². The van der Waals surface area contributed by atoms with Crippen LogP contribution in [0.25, 0.3) is 10.8 Å². The first-order valence-corrected chi connectivity index (χ1v) is 6.34. The van der Waals surface area contributed by atoms with Crippen molar-refractivity contribution in [2.24, 2.45) is 5.73 Å². The van der Waals surface area contributed by atoms with E-state index in [2.05, 4.69) is 11.9 Å². The van der Waals surface area contributed by atoms with Gasteiger partial charge in [-0.25, -0.2) is 0 Å². The highest BCUT2D eigenvalue weighted by atomic mass is 16.1. The van der Waals surface area contributed by atoms with Gasteiger partial charge in [0.1, 0.15) is 0 Å². The van der Waals surface area contributed by atoms with Crippen molar-refractivity contribution in [3.63, 3.8) is 0 Å². The van der Waals surface area contributed by atoms with Crippen LogP contribution < -0.4 is 5.73 Å². The number of hydrogen-bond donors (Lipinski definition) is 1. The number of carbonyl (C=O) groups excluding carboxylic acids is 1. The van der Waals surface area contributed by atoms with Crippen LogP contribution in [0.2, 0.25) is 0 Å². The fourth-order valence-corrected chi connectivity index (χ4v) is 2.19. The van der Waals surface area contributed by atoms with Gasteiger partial charge < -0.3 is 5.73 Å². The lowest BCUT2D eigenvalue weighted by molar-refractivity contribution is 0.0975. The first kappa shape index (κ1) is 12.7. The van der Waals surface area contributed by atoms with E-state index >= 15 is 0 Å². The van der Waals surface area contributed by atoms with E-state index in [1.807, 2.05) is 24.3 Å². The van der Waals surface area contributed by atoms with Crippen LogP contribution in [0.4, 0.5) is 0 Å². The van der Waals surface area contributed by atoms with Gasteiger partial charge in [0.05, 0.1) is 0 Å². The van der Waals surface area contributed by atoms with Gasteiger partial charge in [0.15, 0.2) is 5.78 Å². The minimum Gasteiger partial charge on any atom is -0.327 e. The van der Waals surface area contributed by atoms with Gasteiger partial charge in [0, 0.05) is 35.8 Å². The quantitative estimate of drug-likeness (QED) is 0.820. The van der Waals surface area contributed by atoms with Crippen molar-refractivity contribution in [2.75, 3.05) is 0 Å². The number of ketones is 1. The summed E-state index contributed by atoms with van der Waals surface area (Å²) in [7, 11) is 0. The summed E-state index contributed by atoms with van der Waals surface area (Å²) in [6.45, 7) is 2.08. The standard InChI is InChI=1S/C15H18N2O/c1-2-4-12(16)9-15(18)14-6-3-5-11-10-17-8-7-13(11)14/h3,5-8,10,12H,2,4,9,16H2,1H3. The van der Waals surface area contributed by atoms with Gasteiger partial charge in [-0.15, -0.1) is 0 Å². The second-order valence-electron chi connectivity index (χ2n) is 4.58. The van der Waals surface area contributed by atoms with Crippen LogP contribution in [0, 0.1) is 0 Å². The van der Waals surface area contributed by atoms with Crippen molar-refractivity contribution < 1.29 is 4.79 Å². The second-order valence-corrected chi connectivity index (χ2v) is 4.58. The number of rotatable bonds is 5. The first-order chi connectivity index (χ1) is 8.72. The summed E-state index contributed by atoms with van der Waals surface area (Å²) < 4.78 is 0. The fourth-order valence-electron chi connectivity index (χ4n) is 2.19. The minimum atomic E-state index is -0.0420. The Labute approximate surface area is 107 Å². The molecule has 1 aromatic carbocycles. The number of carbonyl (C=O) groups is 1. The molecule has 0 aliphatic rings. The van der Waals surface area contributed by atoms with Crippen molar-refractivity contribution >= 4 is 16.6 Å². The molecule has 18 heavy (non-hydrogen) atoms. The van der Waals surface area contributed by atoms with Crippen LogP contribution >= 0.6 is 0 Å². The lowest BCUT2D eigenvalue weighted by Crippen LogP contribution is -2.23. The molecule has 2 aromatic rings. The van der Waals surface area contributed by atoms with Crippen molar-refractivity contribution in [3.8, 4) is 0 Å². The van der Waals surface area contributed by atoms with Crippen molar-refractivity contribution in [3.05, 3.63) is 42.2 Å². The SMILES string of the molecule is CCCC(N)CC(=O)c1cccc2cnccc12. The Morgan fingerprint density at radius 3 is 3.00 bits per heavy atom.